The van der Waals surface area contributed by atoms with Crippen molar-refractivity contribution in [3.63, 3.8) is 0 Å². The Morgan fingerprint density at radius 1 is 0.947 bits per heavy atom. The monoisotopic (exact) mass is 574 g/mol. The third-order valence-corrected chi connectivity index (χ3v) is 7.34. The highest BCUT2D eigenvalue weighted by Gasteiger charge is 2.20. The fourth-order valence-corrected chi connectivity index (χ4v) is 4.73. The van der Waals surface area contributed by atoms with Gasteiger partial charge >= 0.3 is 5.97 Å². The van der Waals surface area contributed by atoms with Crippen molar-refractivity contribution in [2.75, 3.05) is 23.8 Å². The molecule has 12 heteroatoms. The zero-order valence-electron chi connectivity index (χ0n) is 20.5. The Morgan fingerprint density at radius 3 is 2.39 bits per heavy atom. The van der Waals surface area contributed by atoms with Crippen molar-refractivity contribution in [2.45, 2.75) is 24.7 Å². The van der Waals surface area contributed by atoms with Crippen LogP contribution in [0, 0.1) is 0 Å². The molecule has 38 heavy (non-hydrogen) atoms. The van der Waals surface area contributed by atoms with Crippen LogP contribution in [0.15, 0.2) is 65.6 Å². The van der Waals surface area contributed by atoms with Crippen LogP contribution in [0.3, 0.4) is 0 Å². The van der Waals surface area contributed by atoms with Crippen LogP contribution in [-0.2, 0) is 14.8 Å². The molecule has 0 saturated heterocycles. The molecule has 0 atom stereocenters. The SMILES string of the molecule is CCCCOC(=O)c1cc(Nc2nc3cc(OC)ccc3nc2NS(=O)(=O)c2ccc(Cl)cc2)ccc1Cl. The van der Waals surface area contributed by atoms with E-state index in [2.05, 4.69) is 20.0 Å². The lowest BCUT2D eigenvalue weighted by Gasteiger charge is -2.15. The number of unbranched alkanes of at least 4 members (excludes halogenated alkanes) is 1. The van der Waals surface area contributed by atoms with Crippen LogP contribution in [0.1, 0.15) is 30.1 Å². The molecule has 4 aromatic rings. The number of hydrogen-bond acceptors (Lipinski definition) is 8. The number of carbonyl (C=O) groups is 1. The van der Waals surface area contributed by atoms with Crippen LogP contribution in [-0.4, -0.2) is 38.1 Å². The molecule has 0 fully saturated rings. The largest absolute Gasteiger partial charge is 0.497 e. The summed E-state index contributed by atoms with van der Waals surface area (Å²) in [4.78, 5) is 21.6. The van der Waals surface area contributed by atoms with E-state index in [4.69, 9.17) is 32.7 Å². The molecule has 0 spiro atoms. The third-order valence-electron chi connectivity index (χ3n) is 5.41. The normalized spacial score (nSPS) is 11.3. The average molecular weight is 575 g/mol. The molecule has 0 unspecified atom stereocenters. The summed E-state index contributed by atoms with van der Waals surface area (Å²) in [6.07, 6.45) is 1.61. The Kier molecular flexibility index (Phi) is 8.55. The first-order valence-corrected chi connectivity index (χ1v) is 13.8. The Hall–Kier alpha value is -3.60. The molecule has 0 bridgehead atoms. The summed E-state index contributed by atoms with van der Waals surface area (Å²) in [7, 11) is -2.51. The Bertz CT molecular complexity index is 1580. The van der Waals surface area contributed by atoms with Crippen molar-refractivity contribution in [3.8, 4) is 5.75 Å². The topological polar surface area (TPSA) is 120 Å². The summed E-state index contributed by atoms with van der Waals surface area (Å²) in [6.45, 7) is 2.27. The molecule has 1 heterocycles. The molecule has 0 saturated carbocycles. The van der Waals surface area contributed by atoms with E-state index in [1.807, 2.05) is 6.92 Å². The summed E-state index contributed by atoms with van der Waals surface area (Å²) < 4.78 is 39.3. The molecule has 3 aromatic carbocycles. The third kappa shape index (κ3) is 6.45. The maximum absolute atomic E-state index is 13.1. The average Bonchev–Trinajstić information content (AvgIpc) is 2.90. The van der Waals surface area contributed by atoms with Gasteiger partial charge in [0.05, 0.1) is 40.2 Å². The second kappa shape index (κ2) is 11.8. The first-order chi connectivity index (χ1) is 18.2. The Morgan fingerprint density at radius 2 is 1.68 bits per heavy atom. The fraction of sp³-hybridized carbons (Fsp3) is 0.192. The van der Waals surface area contributed by atoms with Crippen LogP contribution in [0.5, 0.6) is 5.75 Å². The molecule has 198 valence electrons. The second-order valence-electron chi connectivity index (χ2n) is 8.14. The quantitative estimate of drug-likeness (QED) is 0.164. The first kappa shape index (κ1) is 27.4. The molecule has 9 nitrogen and oxygen atoms in total. The van der Waals surface area contributed by atoms with Gasteiger partial charge in [0.15, 0.2) is 11.6 Å². The van der Waals surface area contributed by atoms with Gasteiger partial charge in [-0.2, -0.15) is 0 Å². The first-order valence-electron chi connectivity index (χ1n) is 11.6. The number of anilines is 3. The molecule has 4 rings (SSSR count). The number of nitrogens with one attached hydrogen (secondary N) is 2. The van der Waals surface area contributed by atoms with Gasteiger partial charge in [-0.25, -0.2) is 23.2 Å². The fourth-order valence-electron chi connectivity index (χ4n) is 3.40. The number of hydrogen-bond donors (Lipinski definition) is 2. The highest BCUT2D eigenvalue weighted by Crippen LogP contribution is 2.30. The van der Waals surface area contributed by atoms with Crippen molar-refractivity contribution in [3.05, 3.63) is 76.3 Å². The minimum absolute atomic E-state index is 0.00641. The van der Waals surface area contributed by atoms with E-state index in [0.29, 0.717) is 27.5 Å². The number of nitrogens with zero attached hydrogens (tertiary/aromatic N) is 2. The summed E-state index contributed by atoms with van der Waals surface area (Å²) >= 11 is 12.2. The standard InChI is InChI=1S/C26H24Cl2N4O5S/c1-3-4-13-37-26(33)20-14-17(7-11-21(20)28)29-24-25(30-22-12-8-18(36-2)15-23(22)31-24)32-38(34,35)19-9-5-16(27)6-10-19/h5-12,14-15H,3-4,13H2,1-2H3,(H,29,31)(H,30,32). The maximum Gasteiger partial charge on any atom is 0.339 e. The highest BCUT2D eigenvalue weighted by molar-refractivity contribution is 7.92. The van der Waals surface area contributed by atoms with Crippen molar-refractivity contribution in [2.24, 2.45) is 0 Å². The van der Waals surface area contributed by atoms with Crippen molar-refractivity contribution in [1.29, 1.82) is 0 Å². The number of aromatic nitrogens is 2. The molecule has 0 aliphatic carbocycles. The van der Waals surface area contributed by atoms with Crippen LogP contribution in [0.4, 0.5) is 17.3 Å². The smallest absolute Gasteiger partial charge is 0.339 e. The number of carbonyl (C=O) groups excluding carboxylic acids is 1. The van der Waals surface area contributed by atoms with Gasteiger partial charge in [-0.1, -0.05) is 36.5 Å². The van der Waals surface area contributed by atoms with Crippen molar-refractivity contribution in [1.82, 2.24) is 9.97 Å². The molecular formula is C26H24Cl2N4O5S. The Labute approximate surface area is 230 Å². The van der Waals surface area contributed by atoms with E-state index >= 15 is 0 Å². The van der Waals surface area contributed by atoms with Gasteiger partial charge < -0.3 is 14.8 Å². The molecular weight excluding hydrogens is 551 g/mol. The maximum atomic E-state index is 13.1. The number of sulfonamides is 1. The van der Waals surface area contributed by atoms with Crippen LogP contribution < -0.4 is 14.8 Å². The highest BCUT2D eigenvalue weighted by atomic mass is 35.5. The van der Waals surface area contributed by atoms with Gasteiger partial charge in [-0.05, 0) is 61.0 Å². The second-order valence-corrected chi connectivity index (χ2v) is 10.7. The van der Waals surface area contributed by atoms with E-state index in [1.54, 1.807) is 24.3 Å². The lowest BCUT2D eigenvalue weighted by molar-refractivity contribution is 0.0500. The zero-order valence-corrected chi connectivity index (χ0v) is 22.8. The molecule has 0 amide bonds. The number of fused-ring (bicyclic) bond motifs is 1. The number of ether oxygens (including phenoxy) is 2. The van der Waals surface area contributed by atoms with Crippen molar-refractivity contribution >= 4 is 67.6 Å². The van der Waals surface area contributed by atoms with Gasteiger partial charge in [0.1, 0.15) is 5.75 Å². The number of esters is 1. The van der Waals surface area contributed by atoms with Gasteiger partial charge in [0, 0.05) is 16.8 Å². The van der Waals surface area contributed by atoms with E-state index < -0.39 is 16.0 Å². The minimum Gasteiger partial charge on any atom is -0.497 e. The van der Waals surface area contributed by atoms with Crippen LogP contribution in [0.25, 0.3) is 11.0 Å². The van der Waals surface area contributed by atoms with Gasteiger partial charge in [-0.3, -0.25) is 4.72 Å². The number of methoxy groups -OCH3 is 1. The lowest BCUT2D eigenvalue weighted by Crippen LogP contribution is -2.16. The summed E-state index contributed by atoms with van der Waals surface area (Å²) in [5.41, 5.74) is 1.46. The molecule has 0 aliphatic heterocycles. The number of halogens is 2. The molecule has 0 radical (unpaired) electrons. The van der Waals surface area contributed by atoms with Crippen molar-refractivity contribution < 1.29 is 22.7 Å². The summed E-state index contributed by atoms with van der Waals surface area (Å²) in [5, 5.41) is 3.66. The Balaban J connectivity index is 1.74. The predicted octanol–water partition coefficient (Wildman–Crippen LogP) is 6.45. The summed E-state index contributed by atoms with van der Waals surface area (Å²) in [5.74, 6) is 0.0245. The molecule has 0 aliphatic rings. The zero-order chi connectivity index (χ0) is 27.3. The van der Waals surface area contributed by atoms with Crippen LogP contribution >= 0.6 is 23.2 Å². The number of rotatable bonds is 10. The lowest BCUT2D eigenvalue weighted by atomic mass is 10.2. The molecule has 1 aromatic heterocycles. The molecule has 2 N–H and O–H groups in total. The van der Waals surface area contributed by atoms with E-state index in [0.717, 1.165) is 12.8 Å². The van der Waals surface area contributed by atoms with E-state index in [-0.39, 0.29) is 33.7 Å². The van der Waals surface area contributed by atoms with E-state index in [1.165, 1.54) is 43.5 Å². The summed E-state index contributed by atoms with van der Waals surface area (Å²) in [6, 6.07) is 15.4. The van der Waals surface area contributed by atoms with E-state index in [9.17, 15) is 13.2 Å². The van der Waals surface area contributed by atoms with Crippen LogP contribution in [0.2, 0.25) is 10.0 Å². The number of benzene rings is 3. The van der Waals surface area contributed by atoms with Gasteiger partial charge in [-0.15, -0.1) is 0 Å². The minimum atomic E-state index is -4.04. The van der Waals surface area contributed by atoms with Gasteiger partial charge in [0.25, 0.3) is 10.0 Å². The van der Waals surface area contributed by atoms with Gasteiger partial charge in [0.2, 0.25) is 0 Å². The predicted molar refractivity (Wildman–Crippen MR) is 148 cm³/mol.